The van der Waals surface area contributed by atoms with E-state index in [1.165, 1.54) is 12.1 Å². The van der Waals surface area contributed by atoms with E-state index in [1.54, 1.807) is 18.2 Å². The molecule has 108 valence electrons. The van der Waals surface area contributed by atoms with E-state index in [9.17, 15) is 10.1 Å². The van der Waals surface area contributed by atoms with E-state index in [0.29, 0.717) is 36.2 Å². The Bertz CT molecular complexity index is 705. The Kier molecular flexibility index (Phi) is 3.19. The number of nitrogens with one attached hydrogen (secondary N) is 1. The molecule has 3 rings (SSSR count). The minimum atomic E-state index is -0.521. The summed E-state index contributed by atoms with van der Waals surface area (Å²) in [6.45, 7) is 1.00. The lowest BCUT2D eigenvalue weighted by Gasteiger charge is -2.19. The summed E-state index contributed by atoms with van der Waals surface area (Å²) in [6, 6.07) is 7.79. The van der Waals surface area contributed by atoms with Crippen LogP contribution < -0.4 is 20.5 Å². The minimum Gasteiger partial charge on any atom is -0.486 e. The molecular formula is C13H12N4O4. The standard InChI is InChI=1S/C13H12N4O4/c14-12-6-9(17(18)19)7-13(16-12)15-8-1-2-10-11(5-8)21-4-3-20-10/h1-2,5-7H,3-4H2,(H3,14,15,16). The number of ether oxygens (including phenoxy) is 2. The van der Waals surface area contributed by atoms with Gasteiger partial charge in [-0.2, -0.15) is 0 Å². The molecule has 0 saturated heterocycles. The molecule has 1 aromatic carbocycles. The Morgan fingerprint density at radius 1 is 1.19 bits per heavy atom. The normalized spacial score (nSPS) is 12.8. The summed E-state index contributed by atoms with van der Waals surface area (Å²) in [4.78, 5) is 14.3. The van der Waals surface area contributed by atoms with Crippen molar-refractivity contribution >= 4 is 23.0 Å². The summed E-state index contributed by atoms with van der Waals surface area (Å²) in [6.07, 6.45) is 0. The van der Waals surface area contributed by atoms with Crippen molar-refractivity contribution in [2.75, 3.05) is 24.3 Å². The Labute approximate surface area is 119 Å². The number of rotatable bonds is 3. The average Bonchev–Trinajstić information content (AvgIpc) is 2.46. The predicted molar refractivity (Wildman–Crippen MR) is 76.0 cm³/mol. The van der Waals surface area contributed by atoms with E-state index >= 15 is 0 Å². The first kappa shape index (κ1) is 13.0. The number of benzene rings is 1. The van der Waals surface area contributed by atoms with Crippen LogP contribution >= 0.6 is 0 Å². The van der Waals surface area contributed by atoms with Crippen molar-refractivity contribution in [2.45, 2.75) is 0 Å². The summed E-state index contributed by atoms with van der Waals surface area (Å²) >= 11 is 0. The number of nitrogens with zero attached hydrogens (tertiary/aromatic N) is 2. The van der Waals surface area contributed by atoms with Crippen LogP contribution in [0.2, 0.25) is 0 Å². The third kappa shape index (κ3) is 2.78. The topological polar surface area (TPSA) is 113 Å². The van der Waals surface area contributed by atoms with Crippen LogP contribution in [-0.4, -0.2) is 23.1 Å². The Morgan fingerprint density at radius 3 is 2.71 bits per heavy atom. The van der Waals surface area contributed by atoms with Crippen molar-refractivity contribution in [3.63, 3.8) is 0 Å². The third-order valence-electron chi connectivity index (χ3n) is 2.86. The third-order valence-corrected chi connectivity index (χ3v) is 2.86. The quantitative estimate of drug-likeness (QED) is 0.656. The first-order valence-corrected chi connectivity index (χ1v) is 6.20. The summed E-state index contributed by atoms with van der Waals surface area (Å²) in [5.74, 6) is 1.64. The van der Waals surface area contributed by atoms with Crippen LogP contribution in [0.1, 0.15) is 0 Å². The van der Waals surface area contributed by atoms with Crippen LogP contribution in [0.3, 0.4) is 0 Å². The number of nitrogens with two attached hydrogens (primary N) is 1. The SMILES string of the molecule is Nc1cc([N+](=O)[O-])cc(Nc2ccc3c(c2)OCCO3)n1. The van der Waals surface area contributed by atoms with Crippen LogP contribution in [0.5, 0.6) is 11.5 Å². The molecule has 21 heavy (non-hydrogen) atoms. The fourth-order valence-corrected chi connectivity index (χ4v) is 1.98. The van der Waals surface area contributed by atoms with Gasteiger partial charge in [-0.15, -0.1) is 0 Å². The maximum absolute atomic E-state index is 10.8. The van der Waals surface area contributed by atoms with Gasteiger partial charge < -0.3 is 20.5 Å². The molecule has 2 heterocycles. The fourth-order valence-electron chi connectivity index (χ4n) is 1.98. The van der Waals surface area contributed by atoms with Crippen molar-refractivity contribution < 1.29 is 14.4 Å². The van der Waals surface area contributed by atoms with E-state index in [4.69, 9.17) is 15.2 Å². The highest BCUT2D eigenvalue weighted by Gasteiger charge is 2.13. The monoisotopic (exact) mass is 288 g/mol. The average molecular weight is 288 g/mol. The van der Waals surface area contributed by atoms with Crippen LogP contribution in [0, 0.1) is 10.1 Å². The lowest BCUT2D eigenvalue weighted by molar-refractivity contribution is -0.384. The largest absolute Gasteiger partial charge is 0.486 e. The van der Waals surface area contributed by atoms with Gasteiger partial charge in [-0.25, -0.2) is 4.98 Å². The van der Waals surface area contributed by atoms with Crippen molar-refractivity contribution in [3.8, 4) is 11.5 Å². The molecular weight excluding hydrogens is 276 g/mol. The molecule has 1 aromatic heterocycles. The highest BCUT2D eigenvalue weighted by molar-refractivity contribution is 5.64. The second-order valence-corrected chi connectivity index (χ2v) is 4.38. The van der Waals surface area contributed by atoms with E-state index in [0.717, 1.165) is 0 Å². The molecule has 0 bridgehead atoms. The van der Waals surface area contributed by atoms with Crippen molar-refractivity contribution in [2.24, 2.45) is 0 Å². The van der Waals surface area contributed by atoms with Gasteiger partial charge in [0.25, 0.3) is 5.69 Å². The smallest absolute Gasteiger partial charge is 0.276 e. The molecule has 0 radical (unpaired) electrons. The number of hydrogen-bond donors (Lipinski definition) is 2. The lowest BCUT2D eigenvalue weighted by atomic mass is 10.2. The molecule has 0 amide bonds. The molecule has 3 N–H and O–H groups in total. The maximum atomic E-state index is 10.8. The molecule has 2 aromatic rings. The lowest BCUT2D eigenvalue weighted by Crippen LogP contribution is -2.15. The Morgan fingerprint density at radius 2 is 1.95 bits per heavy atom. The van der Waals surface area contributed by atoms with Gasteiger partial charge in [-0.1, -0.05) is 0 Å². The summed E-state index contributed by atoms with van der Waals surface area (Å²) in [5.41, 5.74) is 6.11. The molecule has 0 saturated carbocycles. The molecule has 0 fully saturated rings. The van der Waals surface area contributed by atoms with E-state index in [1.807, 2.05) is 0 Å². The van der Waals surface area contributed by atoms with Gasteiger partial charge in [0.05, 0.1) is 17.1 Å². The molecule has 0 unspecified atom stereocenters. The molecule has 0 aliphatic carbocycles. The zero-order valence-electron chi connectivity index (χ0n) is 10.9. The summed E-state index contributed by atoms with van der Waals surface area (Å²) < 4.78 is 10.9. The highest BCUT2D eigenvalue weighted by atomic mass is 16.6. The fraction of sp³-hybridized carbons (Fsp3) is 0.154. The summed E-state index contributed by atoms with van der Waals surface area (Å²) in [5, 5.41) is 13.8. The number of hydrogen-bond acceptors (Lipinski definition) is 7. The number of nitro groups is 1. The number of nitrogen functional groups attached to an aromatic ring is 1. The minimum absolute atomic E-state index is 0.0734. The van der Waals surface area contributed by atoms with Gasteiger partial charge in [0.15, 0.2) is 11.5 Å². The Balaban J connectivity index is 1.88. The van der Waals surface area contributed by atoms with E-state index < -0.39 is 4.92 Å². The maximum Gasteiger partial charge on any atom is 0.276 e. The molecule has 8 heteroatoms. The van der Waals surface area contributed by atoms with Gasteiger partial charge in [0.1, 0.15) is 24.8 Å². The van der Waals surface area contributed by atoms with E-state index in [2.05, 4.69) is 10.3 Å². The first-order chi connectivity index (χ1) is 10.1. The number of pyridine rings is 1. The zero-order chi connectivity index (χ0) is 14.8. The second-order valence-electron chi connectivity index (χ2n) is 4.38. The first-order valence-electron chi connectivity index (χ1n) is 6.20. The highest BCUT2D eigenvalue weighted by Crippen LogP contribution is 2.33. The van der Waals surface area contributed by atoms with Gasteiger partial charge >= 0.3 is 0 Å². The van der Waals surface area contributed by atoms with Crippen molar-refractivity contribution in [1.29, 1.82) is 0 Å². The van der Waals surface area contributed by atoms with E-state index in [-0.39, 0.29) is 11.5 Å². The number of fused-ring (bicyclic) bond motifs is 1. The predicted octanol–water partition coefficient (Wildman–Crippen LogP) is 2.09. The Hall–Kier alpha value is -3.03. The van der Waals surface area contributed by atoms with Crippen LogP contribution in [-0.2, 0) is 0 Å². The van der Waals surface area contributed by atoms with Crippen LogP contribution in [0.15, 0.2) is 30.3 Å². The van der Waals surface area contributed by atoms with Crippen LogP contribution in [0.4, 0.5) is 23.0 Å². The molecule has 1 aliphatic rings. The molecule has 0 atom stereocenters. The van der Waals surface area contributed by atoms with Crippen molar-refractivity contribution in [1.82, 2.24) is 4.98 Å². The zero-order valence-corrected chi connectivity index (χ0v) is 10.9. The van der Waals surface area contributed by atoms with Crippen LogP contribution in [0.25, 0.3) is 0 Å². The van der Waals surface area contributed by atoms with Gasteiger partial charge in [0, 0.05) is 11.8 Å². The second kappa shape index (κ2) is 5.16. The number of anilines is 3. The summed E-state index contributed by atoms with van der Waals surface area (Å²) in [7, 11) is 0. The molecule has 0 spiro atoms. The number of aromatic nitrogens is 1. The van der Waals surface area contributed by atoms with Gasteiger partial charge in [-0.3, -0.25) is 10.1 Å². The van der Waals surface area contributed by atoms with Gasteiger partial charge in [0.2, 0.25) is 0 Å². The molecule has 8 nitrogen and oxygen atoms in total. The molecule has 1 aliphatic heterocycles. The van der Waals surface area contributed by atoms with Gasteiger partial charge in [-0.05, 0) is 12.1 Å². The van der Waals surface area contributed by atoms with Crippen molar-refractivity contribution in [3.05, 3.63) is 40.4 Å².